The molecule has 1 unspecified atom stereocenters. The van der Waals surface area contributed by atoms with Crippen LogP contribution in [0.3, 0.4) is 0 Å². The zero-order valence-corrected chi connectivity index (χ0v) is 6.26. The lowest BCUT2D eigenvalue weighted by Crippen LogP contribution is -2.42. The second-order valence-corrected chi connectivity index (χ2v) is 2.62. The van der Waals surface area contributed by atoms with Crippen LogP contribution in [0.4, 0.5) is 0 Å². The third-order valence-corrected chi connectivity index (χ3v) is 1.61. The maximum Gasteiger partial charge on any atom is 0.218 e. The molecular weight excluding hydrogens is 128 g/mol. The Labute approximate surface area is 61.2 Å². The Bertz CT molecular complexity index is 119. The van der Waals surface area contributed by atoms with Crippen LogP contribution in [0, 0.1) is 0 Å². The Hall–Kier alpha value is -0.570. The van der Waals surface area contributed by atoms with Gasteiger partial charge in [0.05, 0.1) is 6.17 Å². The molecule has 1 radical (unpaired) electrons. The van der Waals surface area contributed by atoms with Gasteiger partial charge >= 0.3 is 0 Å². The summed E-state index contributed by atoms with van der Waals surface area (Å²) in [5.41, 5.74) is 0. The molecule has 1 rings (SSSR count). The Kier molecular flexibility index (Phi) is 2.68. The van der Waals surface area contributed by atoms with E-state index in [1.165, 1.54) is 19.8 Å². The zero-order chi connectivity index (χ0) is 7.40. The van der Waals surface area contributed by atoms with E-state index in [-0.39, 0.29) is 12.1 Å². The molecular formula is C7H13N2O. The SMILES string of the molecule is CC(=O)NC1CCCC[N]1. The molecule has 0 bridgehead atoms. The predicted molar refractivity (Wildman–Crippen MR) is 38.5 cm³/mol. The summed E-state index contributed by atoms with van der Waals surface area (Å²) in [6.07, 6.45) is 3.48. The number of nitrogens with zero attached hydrogens (tertiary/aromatic N) is 1. The van der Waals surface area contributed by atoms with Crippen LogP contribution in [-0.2, 0) is 4.79 Å². The first kappa shape index (κ1) is 7.54. The molecule has 3 heteroatoms. The summed E-state index contributed by atoms with van der Waals surface area (Å²) in [6.45, 7) is 2.44. The van der Waals surface area contributed by atoms with Gasteiger partial charge in [-0.05, 0) is 19.3 Å². The molecule has 57 valence electrons. The Morgan fingerprint density at radius 2 is 2.40 bits per heavy atom. The minimum atomic E-state index is 0.0238. The second-order valence-electron chi connectivity index (χ2n) is 2.62. The van der Waals surface area contributed by atoms with Gasteiger partial charge in [0.15, 0.2) is 0 Å². The standard InChI is InChI=1S/C7H13N2O/c1-6(10)9-7-4-2-3-5-8-7/h7H,2-5H2,1H3,(H,9,10). The molecule has 1 saturated heterocycles. The van der Waals surface area contributed by atoms with Crippen LogP contribution < -0.4 is 10.6 Å². The Morgan fingerprint density at radius 1 is 1.60 bits per heavy atom. The predicted octanol–water partition coefficient (Wildman–Crippen LogP) is 0.237. The van der Waals surface area contributed by atoms with Gasteiger partial charge < -0.3 is 5.32 Å². The fraction of sp³-hybridized carbons (Fsp3) is 0.857. The summed E-state index contributed by atoms with van der Waals surface area (Å²) in [5.74, 6) is 0.0238. The van der Waals surface area contributed by atoms with Gasteiger partial charge in [-0.15, -0.1) is 0 Å². The molecule has 0 aromatic rings. The van der Waals surface area contributed by atoms with E-state index in [2.05, 4.69) is 10.6 Å². The third kappa shape index (κ3) is 2.35. The van der Waals surface area contributed by atoms with Gasteiger partial charge in [0.1, 0.15) is 0 Å². The number of hydrogen-bond acceptors (Lipinski definition) is 1. The quantitative estimate of drug-likeness (QED) is 0.558. The van der Waals surface area contributed by atoms with Gasteiger partial charge in [0.25, 0.3) is 0 Å². The highest BCUT2D eigenvalue weighted by Gasteiger charge is 2.13. The smallest absolute Gasteiger partial charge is 0.218 e. The Morgan fingerprint density at radius 3 is 2.90 bits per heavy atom. The fourth-order valence-electron chi connectivity index (χ4n) is 1.14. The first-order chi connectivity index (χ1) is 4.79. The van der Waals surface area contributed by atoms with Crippen molar-refractivity contribution >= 4 is 5.91 Å². The van der Waals surface area contributed by atoms with Crippen molar-refractivity contribution in [3.63, 3.8) is 0 Å². The molecule has 1 amide bonds. The second kappa shape index (κ2) is 3.56. The van der Waals surface area contributed by atoms with Crippen molar-refractivity contribution in [2.24, 2.45) is 0 Å². The molecule has 3 nitrogen and oxygen atoms in total. The lowest BCUT2D eigenvalue weighted by molar-refractivity contribution is -0.120. The van der Waals surface area contributed by atoms with E-state index in [0.29, 0.717) is 0 Å². The lowest BCUT2D eigenvalue weighted by Gasteiger charge is -2.21. The average molecular weight is 141 g/mol. The molecule has 0 aliphatic carbocycles. The molecule has 1 aliphatic rings. The number of rotatable bonds is 1. The summed E-state index contributed by atoms with van der Waals surface area (Å²) >= 11 is 0. The van der Waals surface area contributed by atoms with Gasteiger partial charge in [-0.2, -0.15) is 0 Å². The van der Waals surface area contributed by atoms with Crippen molar-refractivity contribution in [2.75, 3.05) is 6.54 Å². The van der Waals surface area contributed by atoms with E-state index >= 15 is 0 Å². The fourth-order valence-corrected chi connectivity index (χ4v) is 1.14. The van der Waals surface area contributed by atoms with E-state index in [1.807, 2.05) is 0 Å². The number of amides is 1. The third-order valence-electron chi connectivity index (χ3n) is 1.61. The number of piperidine rings is 1. The molecule has 0 spiro atoms. The van der Waals surface area contributed by atoms with Crippen molar-refractivity contribution in [2.45, 2.75) is 32.4 Å². The molecule has 0 aromatic heterocycles. The van der Waals surface area contributed by atoms with Crippen LogP contribution in [0.1, 0.15) is 26.2 Å². The van der Waals surface area contributed by atoms with Gasteiger partial charge in [-0.25, -0.2) is 5.32 Å². The van der Waals surface area contributed by atoms with Crippen LogP contribution in [-0.4, -0.2) is 18.6 Å². The monoisotopic (exact) mass is 141 g/mol. The van der Waals surface area contributed by atoms with E-state index < -0.39 is 0 Å². The maximum atomic E-state index is 10.5. The molecule has 1 heterocycles. The van der Waals surface area contributed by atoms with E-state index in [9.17, 15) is 4.79 Å². The molecule has 0 aromatic carbocycles. The highest BCUT2D eigenvalue weighted by atomic mass is 16.1. The summed E-state index contributed by atoms with van der Waals surface area (Å²) in [6, 6.07) is 0. The van der Waals surface area contributed by atoms with Crippen molar-refractivity contribution in [3.05, 3.63) is 0 Å². The number of hydrogen-bond donors (Lipinski definition) is 1. The average Bonchev–Trinajstić information content (AvgIpc) is 1.88. The lowest BCUT2D eigenvalue weighted by atomic mass is 10.1. The normalized spacial score (nSPS) is 25.9. The number of nitrogens with one attached hydrogen (secondary N) is 1. The largest absolute Gasteiger partial charge is 0.340 e. The highest BCUT2D eigenvalue weighted by molar-refractivity contribution is 5.73. The minimum absolute atomic E-state index is 0.0238. The zero-order valence-electron chi connectivity index (χ0n) is 6.26. The van der Waals surface area contributed by atoms with E-state index in [1.54, 1.807) is 0 Å². The molecule has 10 heavy (non-hydrogen) atoms. The van der Waals surface area contributed by atoms with Gasteiger partial charge in [0.2, 0.25) is 5.91 Å². The van der Waals surface area contributed by atoms with Crippen LogP contribution in [0.5, 0.6) is 0 Å². The highest BCUT2D eigenvalue weighted by Crippen LogP contribution is 2.05. The first-order valence-corrected chi connectivity index (χ1v) is 3.73. The van der Waals surface area contributed by atoms with Gasteiger partial charge in [-0.3, -0.25) is 4.79 Å². The number of carbonyl (C=O) groups is 1. The Balaban J connectivity index is 2.19. The van der Waals surface area contributed by atoms with Crippen molar-refractivity contribution in [3.8, 4) is 0 Å². The van der Waals surface area contributed by atoms with Crippen LogP contribution in [0.15, 0.2) is 0 Å². The van der Waals surface area contributed by atoms with E-state index in [0.717, 1.165) is 13.0 Å². The summed E-state index contributed by atoms with van der Waals surface area (Å²) in [4.78, 5) is 10.5. The topological polar surface area (TPSA) is 43.2 Å². The summed E-state index contributed by atoms with van der Waals surface area (Å²) in [5, 5.41) is 7.01. The van der Waals surface area contributed by atoms with Crippen LogP contribution in [0.2, 0.25) is 0 Å². The number of carbonyl (C=O) groups excluding carboxylic acids is 1. The molecule has 0 saturated carbocycles. The van der Waals surface area contributed by atoms with Crippen molar-refractivity contribution < 1.29 is 4.79 Å². The molecule has 1 fully saturated rings. The van der Waals surface area contributed by atoms with Crippen LogP contribution >= 0.6 is 0 Å². The molecule has 1 atom stereocenters. The first-order valence-electron chi connectivity index (χ1n) is 3.73. The van der Waals surface area contributed by atoms with E-state index in [4.69, 9.17) is 0 Å². The molecule has 1 aliphatic heterocycles. The van der Waals surface area contributed by atoms with Crippen molar-refractivity contribution in [1.29, 1.82) is 0 Å². The maximum absolute atomic E-state index is 10.5. The minimum Gasteiger partial charge on any atom is -0.340 e. The summed E-state index contributed by atoms with van der Waals surface area (Å²) < 4.78 is 0. The molecule has 1 N–H and O–H groups in total. The van der Waals surface area contributed by atoms with Crippen LogP contribution in [0.25, 0.3) is 0 Å². The summed E-state index contributed by atoms with van der Waals surface area (Å²) in [7, 11) is 0. The van der Waals surface area contributed by atoms with Crippen molar-refractivity contribution in [1.82, 2.24) is 10.6 Å². The van der Waals surface area contributed by atoms with Gasteiger partial charge in [-0.1, -0.05) is 0 Å². The van der Waals surface area contributed by atoms with Gasteiger partial charge in [0, 0.05) is 13.5 Å².